The van der Waals surface area contributed by atoms with Gasteiger partial charge in [-0.2, -0.15) is 8.78 Å². The number of hydrogen-bond donors (Lipinski definition) is 0. The molecule has 0 saturated carbocycles. The number of alkyl halides is 2. The van der Waals surface area contributed by atoms with Gasteiger partial charge in [-0.15, -0.1) is 0 Å². The van der Waals surface area contributed by atoms with Gasteiger partial charge < -0.3 is 9.15 Å². The third-order valence-electron chi connectivity index (χ3n) is 2.28. The number of benzene rings is 1. The molecule has 7 heteroatoms. The number of oxazole rings is 1. The predicted octanol–water partition coefficient (Wildman–Crippen LogP) is 3.37. The van der Waals surface area contributed by atoms with Gasteiger partial charge in [0, 0.05) is 6.42 Å². The highest BCUT2D eigenvalue weighted by molar-refractivity contribution is 6.68. The van der Waals surface area contributed by atoms with Gasteiger partial charge in [0.1, 0.15) is 0 Å². The van der Waals surface area contributed by atoms with Crippen LogP contribution in [0.5, 0.6) is 5.75 Å². The number of aromatic nitrogens is 1. The van der Waals surface area contributed by atoms with Crippen molar-refractivity contribution in [2.75, 3.05) is 0 Å². The van der Waals surface area contributed by atoms with Crippen LogP contribution in [-0.4, -0.2) is 16.8 Å². The van der Waals surface area contributed by atoms with Gasteiger partial charge in [-0.3, -0.25) is 4.79 Å². The highest BCUT2D eigenvalue weighted by Gasteiger charge is 2.19. The summed E-state index contributed by atoms with van der Waals surface area (Å²) in [5.41, 5.74) is 0.198. The first-order valence-electron chi connectivity index (χ1n) is 5.10. The Bertz CT molecular complexity index is 597. The second kappa shape index (κ2) is 4.89. The maximum atomic E-state index is 12.2. The molecule has 96 valence electrons. The van der Waals surface area contributed by atoms with Crippen LogP contribution < -0.4 is 4.74 Å². The van der Waals surface area contributed by atoms with Crippen molar-refractivity contribution in [3.63, 3.8) is 0 Å². The molecule has 0 saturated heterocycles. The van der Waals surface area contributed by atoms with Gasteiger partial charge in [0.25, 0.3) is 5.24 Å². The summed E-state index contributed by atoms with van der Waals surface area (Å²) in [4.78, 5) is 15.2. The van der Waals surface area contributed by atoms with Gasteiger partial charge in [0.2, 0.25) is 0 Å². The number of carbonyl (C=O) groups excluding carboxylic acids is 1. The topological polar surface area (TPSA) is 52.3 Å². The van der Waals surface area contributed by atoms with Gasteiger partial charge in [-0.25, -0.2) is 4.98 Å². The Hall–Kier alpha value is -1.69. The van der Waals surface area contributed by atoms with E-state index in [1.807, 2.05) is 0 Å². The molecule has 4 nitrogen and oxygen atoms in total. The minimum atomic E-state index is -2.98. The smallest absolute Gasteiger partial charge is 0.387 e. The summed E-state index contributed by atoms with van der Waals surface area (Å²) in [5.74, 6) is 0.166. The fraction of sp³-hybridized carbons (Fsp3) is 0.273. The lowest BCUT2D eigenvalue weighted by atomic mass is 10.2. The molecule has 2 rings (SSSR count). The van der Waals surface area contributed by atoms with Gasteiger partial charge in [0.15, 0.2) is 22.7 Å². The number of rotatable bonds is 4. The standard InChI is InChI=1S/C11H8ClF2NO3/c1-2-7-15-8-6(17-11(13)14)4-3-5(10(12)16)9(8)18-7/h3-4,11H,2H2,1H3. The Morgan fingerprint density at radius 2 is 2.28 bits per heavy atom. The van der Waals surface area contributed by atoms with E-state index < -0.39 is 11.9 Å². The molecule has 0 amide bonds. The molecule has 1 heterocycles. The van der Waals surface area contributed by atoms with Gasteiger partial charge in [-0.05, 0) is 23.7 Å². The highest BCUT2D eigenvalue weighted by atomic mass is 35.5. The third-order valence-corrected chi connectivity index (χ3v) is 2.48. The summed E-state index contributed by atoms with van der Waals surface area (Å²) < 4.78 is 34.0. The lowest BCUT2D eigenvalue weighted by Gasteiger charge is -2.04. The molecule has 0 N–H and O–H groups in total. The second-order valence-electron chi connectivity index (χ2n) is 3.40. The minimum absolute atomic E-state index is 0.0602. The number of fused-ring (bicyclic) bond motifs is 1. The SMILES string of the molecule is CCc1nc2c(OC(F)F)ccc(C(=O)Cl)c2o1. The molecule has 0 spiro atoms. The number of halogens is 3. The average Bonchev–Trinajstić information content (AvgIpc) is 2.72. The number of ether oxygens (including phenoxy) is 1. The van der Waals surface area contributed by atoms with E-state index in [0.717, 1.165) is 0 Å². The zero-order valence-electron chi connectivity index (χ0n) is 9.25. The summed E-state index contributed by atoms with van der Waals surface area (Å²) in [5, 5.41) is -0.748. The number of aryl methyl sites for hydroxylation is 1. The fourth-order valence-electron chi connectivity index (χ4n) is 1.52. The van der Waals surface area contributed by atoms with Crippen molar-refractivity contribution >= 4 is 27.9 Å². The Balaban J connectivity index is 2.65. The molecule has 0 atom stereocenters. The molecule has 0 unspecified atom stereocenters. The number of nitrogens with zero attached hydrogens (tertiary/aromatic N) is 1. The molecule has 0 aliphatic rings. The van der Waals surface area contributed by atoms with Crippen LogP contribution in [0.15, 0.2) is 16.5 Å². The van der Waals surface area contributed by atoms with Crippen molar-refractivity contribution < 1.29 is 22.7 Å². The van der Waals surface area contributed by atoms with Crippen LogP contribution in [0, 0.1) is 0 Å². The molecular weight excluding hydrogens is 268 g/mol. The van der Waals surface area contributed by atoms with Crippen molar-refractivity contribution in [2.24, 2.45) is 0 Å². The summed E-state index contributed by atoms with van der Waals surface area (Å²) in [6.07, 6.45) is 0.457. The third kappa shape index (κ3) is 2.28. The Morgan fingerprint density at radius 3 is 2.83 bits per heavy atom. The van der Waals surface area contributed by atoms with E-state index in [4.69, 9.17) is 16.0 Å². The zero-order valence-corrected chi connectivity index (χ0v) is 10.0. The fourth-order valence-corrected chi connectivity index (χ4v) is 1.67. The number of carbonyl (C=O) groups is 1. The first-order chi connectivity index (χ1) is 8.52. The summed E-state index contributed by atoms with van der Waals surface area (Å²) in [7, 11) is 0. The zero-order chi connectivity index (χ0) is 13.3. The van der Waals surface area contributed by atoms with Gasteiger partial charge in [-0.1, -0.05) is 6.92 Å². The van der Waals surface area contributed by atoms with Crippen molar-refractivity contribution in [1.82, 2.24) is 4.98 Å². The second-order valence-corrected chi connectivity index (χ2v) is 3.75. The van der Waals surface area contributed by atoms with Crippen LogP contribution in [0.1, 0.15) is 23.2 Å². The quantitative estimate of drug-likeness (QED) is 0.803. The molecule has 1 aromatic heterocycles. The lowest BCUT2D eigenvalue weighted by molar-refractivity contribution is -0.0489. The average molecular weight is 276 g/mol. The maximum Gasteiger partial charge on any atom is 0.387 e. The first-order valence-corrected chi connectivity index (χ1v) is 5.47. The molecule has 1 aromatic carbocycles. The van der Waals surface area contributed by atoms with Crippen LogP contribution in [0.4, 0.5) is 8.78 Å². The molecule has 0 fully saturated rings. The minimum Gasteiger partial charge on any atom is -0.440 e. The van der Waals surface area contributed by atoms with Crippen LogP contribution in [0.3, 0.4) is 0 Å². The van der Waals surface area contributed by atoms with Gasteiger partial charge in [0.05, 0.1) is 5.56 Å². The van der Waals surface area contributed by atoms with E-state index >= 15 is 0 Å². The molecular formula is C11H8ClF2NO3. The number of hydrogen-bond acceptors (Lipinski definition) is 4. The first kappa shape index (κ1) is 12.8. The van der Waals surface area contributed by atoms with E-state index in [1.54, 1.807) is 6.92 Å². The Kier molecular flexibility index (Phi) is 3.47. The summed E-state index contributed by atoms with van der Waals surface area (Å²) in [6.45, 7) is -1.20. The van der Waals surface area contributed by atoms with Crippen LogP contribution in [0.25, 0.3) is 11.1 Å². The van der Waals surface area contributed by atoms with E-state index in [9.17, 15) is 13.6 Å². The van der Waals surface area contributed by atoms with E-state index in [2.05, 4.69) is 9.72 Å². The van der Waals surface area contributed by atoms with Crippen molar-refractivity contribution in [3.8, 4) is 5.75 Å². The summed E-state index contributed by atoms with van der Waals surface area (Å²) in [6, 6.07) is 2.48. The van der Waals surface area contributed by atoms with Crippen molar-refractivity contribution in [2.45, 2.75) is 20.0 Å². The maximum absolute atomic E-state index is 12.2. The molecule has 0 bridgehead atoms. The Labute approximate surface area is 105 Å². The molecule has 0 radical (unpaired) electrons. The summed E-state index contributed by atoms with van der Waals surface area (Å²) >= 11 is 5.38. The van der Waals surface area contributed by atoms with Crippen LogP contribution in [-0.2, 0) is 6.42 Å². The molecule has 18 heavy (non-hydrogen) atoms. The normalized spacial score (nSPS) is 11.2. The van der Waals surface area contributed by atoms with Crippen LogP contribution in [0.2, 0.25) is 0 Å². The van der Waals surface area contributed by atoms with Crippen molar-refractivity contribution in [3.05, 3.63) is 23.6 Å². The monoisotopic (exact) mass is 275 g/mol. The lowest BCUT2D eigenvalue weighted by Crippen LogP contribution is -2.03. The molecule has 2 aromatic rings. The van der Waals surface area contributed by atoms with Crippen LogP contribution >= 0.6 is 11.6 Å². The van der Waals surface area contributed by atoms with E-state index in [1.165, 1.54) is 12.1 Å². The van der Waals surface area contributed by atoms with E-state index in [0.29, 0.717) is 12.3 Å². The Morgan fingerprint density at radius 1 is 1.56 bits per heavy atom. The predicted molar refractivity (Wildman–Crippen MR) is 60.2 cm³/mol. The largest absolute Gasteiger partial charge is 0.440 e. The van der Waals surface area contributed by atoms with Gasteiger partial charge >= 0.3 is 6.61 Å². The highest BCUT2D eigenvalue weighted by Crippen LogP contribution is 2.31. The molecule has 0 aliphatic carbocycles. The van der Waals surface area contributed by atoms with E-state index in [-0.39, 0.29) is 22.4 Å². The molecule has 0 aliphatic heterocycles. The van der Waals surface area contributed by atoms with Crippen molar-refractivity contribution in [1.29, 1.82) is 0 Å².